The van der Waals surface area contributed by atoms with Crippen molar-refractivity contribution in [1.29, 1.82) is 0 Å². The van der Waals surface area contributed by atoms with Gasteiger partial charge in [0.2, 0.25) is 0 Å². The first-order valence-electron chi connectivity index (χ1n) is 8.79. The van der Waals surface area contributed by atoms with E-state index in [1.807, 2.05) is 40.7 Å². The van der Waals surface area contributed by atoms with Crippen LogP contribution in [0, 0.1) is 6.92 Å². The lowest BCUT2D eigenvalue weighted by Crippen LogP contribution is -2.38. The van der Waals surface area contributed by atoms with Crippen LogP contribution in [0.3, 0.4) is 0 Å². The number of ether oxygens (including phenoxy) is 1. The van der Waals surface area contributed by atoms with Gasteiger partial charge in [-0.05, 0) is 71.3 Å². The summed E-state index contributed by atoms with van der Waals surface area (Å²) < 4.78 is 5.26. The number of pyridine rings is 1. The fraction of sp³-hybridized carbons (Fsp3) is 0.500. The molecule has 0 spiro atoms. The van der Waals surface area contributed by atoms with Crippen LogP contribution in [0.5, 0.6) is 0 Å². The van der Waals surface area contributed by atoms with Crippen molar-refractivity contribution in [2.45, 2.75) is 59.2 Å². The van der Waals surface area contributed by atoms with Gasteiger partial charge in [-0.1, -0.05) is 12.1 Å². The van der Waals surface area contributed by atoms with Crippen LogP contribution < -0.4 is 10.6 Å². The molecule has 0 saturated carbocycles. The molecule has 5 nitrogen and oxygen atoms in total. The summed E-state index contributed by atoms with van der Waals surface area (Å²) in [7, 11) is 0. The normalized spacial score (nSPS) is 12.8. The number of alkyl carbamates (subject to hydrolysis) is 1. The summed E-state index contributed by atoms with van der Waals surface area (Å²) in [6, 6.07) is 10.5. The maximum Gasteiger partial charge on any atom is 0.407 e. The molecule has 1 amide bonds. The SMILES string of the molecule is Cc1ccc2cc(CNCCC(C)NC(=O)OC(C)(C)C)ccc2n1. The number of benzene rings is 1. The van der Waals surface area contributed by atoms with Crippen LogP contribution >= 0.6 is 0 Å². The second-order valence-corrected chi connectivity index (χ2v) is 7.49. The molecule has 0 aliphatic carbocycles. The van der Waals surface area contributed by atoms with E-state index < -0.39 is 5.60 Å². The highest BCUT2D eigenvalue weighted by molar-refractivity contribution is 5.79. The number of hydrogen-bond acceptors (Lipinski definition) is 4. The Labute approximate surface area is 150 Å². The van der Waals surface area contributed by atoms with Gasteiger partial charge in [-0.15, -0.1) is 0 Å². The first kappa shape index (κ1) is 19.2. The third kappa shape index (κ3) is 6.70. The maximum atomic E-state index is 11.7. The predicted octanol–water partition coefficient (Wildman–Crippen LogP) is 3.94. The van der Waals surface area contributed by atoms with E-state index in [1.165, 1.54) is 5.56 Å². The summed E-state index contributed by atoms with van der Waals surface area (Å²) in [4.78, 5) is 16.2. The molecule has 0 aliphatic heterocycles. The van der Waals surface area contributed by atoms with E-state index in [0.717, 1.165) is 36.1 Å². The van der Waals surface area contributed by atoms with Crippen molar-refractivity contribution < 1.29 is 9.53 Å². The van der Waals surface area contributed by atoms with Gasteiger partial charge in [0.1, 0.15) is 5.60 Å². The molecule has 5 heteroatoms. The van der Waals surface area contributed by atoms with Crippen molar-refractivity contribution >= 4 is 17.0 Å². The van der Waals surface area contributed by atoms with Crippen molar-refractivity contribution in [1.82, 2.24) is 15.6 Å². The number of aryl methyl sites for hydroxylation is 1. The molecule has 0 radical (unpaired) electrons. The number of carbonyl (C=O) groups is 1. The Morgan fingerprint density at radius 2 is 2.00 bits per heavy atom. The molecule has 1 aromatic heterocycles. The summed E-state index contributed by atoms with van der Waals surface area (Å²) >= 11 is 0. The highest BCUT2D eigenvalue weighted by atomic mass is 16.6. The van der Waals surface area contributed by atoms with E-state index in [4.69, 9.17) is 4.74 Å². The molecule has 136 valence electrons. The van der Waals surface area contributed by atoms with Gasteiger partial charge in [0, 0.05) is 23.7 Å². The largest absolute Gasteiger partial charge is 0.444 e. The van der Waals surface area contributed by atoms with Crippen molar-refractivity contribution in [2.75, 3.05) is 6.54 Å². The topological polar surface area (TPSA) is 63.2 Å². The highest BCUT2D eigenvalue weighted by Gasteiger charge is 2.17. The smallest absolute Gasteiger partial charge is 0.407 e. The summed E-state index contributed by atoms with van der Waals surface area (Å²) in [5, 5.41) is 7.43. The molecule has 0 bridgehead atoms. The van der Waals surface area contributed by atoms with Gasteiger partial charge >= 0.3 is 6.09 Å². The number of aromatic nitrogens is 1. The average molecular weight is 343 g/mol. The number of amides is 1. The number of hydrogen-bond donors (Lipinski definition) is 2. The molecule has 2 aromatic rings. The number of nitrogens with one attached hydrogen (secondary N) is 2. The Hall–Kier alpha value is -2.14. The zero-order valence-electron chi connectivity index (χ0n) is 15.8. The standard InChI is InChI=1S/C20H29N3O2/c1-14-6-8-17-12-16(7-9-18(17)22-14)13-21-11-10-15(2)23-19(24)25-20(3,4)5/h6-9,12,15,21H,10-11,13H2,1-5H3,(H,23,24). The van der Waals surface area contributed by atoms with Gasteiger partial charge in [-0.25, -0.2) is 4.79 Å². The summed E-state index contributed by atoms with van der Waals surface area (Å²) in [5.74, 6) is 0. The minimum Gasteiger partial charge on any atom is -0.444 e. The number of fused-ring (bicyclic) bond motifs is 1. The zero-order valence-corrected chi connectivity index (χ0v) is 15.8. The molecule has 0 fully saturated rings. The molecule has 1 heterocycles. The average Bonchev–Trinajstić information content (AvgIpc) is 2.49. The van der Waals surface area contributed by atoms with Crippen LogP contribution in [0.4, 0.5) is 4.79 Å². The Bertz CT molecular complexity index is 722. The molecule has 1 unspecified atom stereocenters. The van der Waals surface area contributed by atoms with Crippen LogP contribution in [0.2, 0.25) is 0 Å². The van der Waals surface area contributed by atoms with Gasteiger partial charge in [0.25, 0.3) is 0 Å². The van der Waals surface area contributed by atoms with Gasteiger partial charge in [0.05, 0.1) is 5.52 Å². The van der Waals surface area contributed by atoms with E-state index >= 15 is 0 Å². The molecule has 2 N–H and O–H groups in total. The van der Waals surface area contributed by atoms with Crippen molar-refractivity contribution in [3.8, 4) is 0 Å². The van der Waals surface area contributed by atoms with Gasteiger partial charge in [-0.2, -0.15) is 0 Å². The van der Waals surface area contributed by atoms with Crippen molar-refractivity contribution in [3.05, 3.63) is 41.6 Å². The molecular formula is C20H29N3O2. The molecule has 25 heavy (non-hydrogen) atoms. The lowest BCUT2D eigenvalue weighted by atomic mass is 10.1. The Morgan fingerprint density at radius 3 is 2.72 bits per heavy atom. The minimum absolute atomic E-state index is 0.0612. The van der Waals surface area contributed by atoms with Gasteiger partial charge < -0.3 is 15.4 Å². The Balaban J connectivity index is 1.73. The maximum absolute atomic E-state index is 11.7. The highest BCUT2D eigenvalue weighted by Crippen LogP contribution is 2.14. The van der Waals surface area contributed by atoms with Crippen LogP contribution in [-0.4, -0.2) is 29.3 Å². The summed E-state index contributed by atoms with van der Waals surface area (Å²) in [5.41, 5.74) is 2.82. The van der Waals surface area contributed by atoms with Crippen LogP contribution in [-0.2, 0) is 11.3 Å². The molecule has 1 atom stereocenters. The zero-order chi connectivity index (χ0) is 18.4. The third-order valence-corrected chi connectivity index (χ3v) is 3.74. The second-order valence-electron chi connectivity index (χ2n) is 7.49. The third-order valence-electron chi connectivity index (χ3n) is 3.74. The monoisotopic (exact) mass is 343 g/mol. The molecular weight excluding hydrogens is 314 g/mol. The molecule has 0 aliphatic rings. The minimum atomic E-state index is -0.467. The first-order chi connectivity index (χ1) is 11.7. The Morgan fingerprint density at radius 1 is 1.24 bits per heavy atom. The Kier molecular flexibility index (Phi) is 6.37. The van der Waals surface area contributed by atoms with Gasteiger partial charge in [-0.3, -0.25) is 4.98 Å². The lowest BCUT2D eigenvalue weighted by Gasteiger charge is -2.22. The lowest BCUT2D eigenvalue weighted by molar-refractivity contribution is 0.0506. The predicted molar refractivity (Wildman–Crippen MR) is 102 cm³/mol. The van der Waals surface area contributed by atoms with Gasteiger partial charge in [0.15, 0.2) is 0 Å². The summed E-state index contributed by atoms with van der Waals surface area (Å²) in [6.07, 6.45) is 0.477. The quantitative estimate of drug-likeness (QED) is 0.780. The van der Waals surface area contributed by atoms with Crippen LogP contribution in [0.25, 0.3) is 10.9 Å². The molecule has 0 saturated heterocycles. The fourth-order valence-electron chi connectivity index (χ4n) is 2.52. The first-order valence-corrected chi connectivity index (χ1v) is 8.79. The van der Waals surface area contributed by atoms with Crippen molar-refractivity contribution in [2.24, 2.45) is 0 Å². The second kappa shape index (κ2) is 8.30. The van der Waals surface area contributed by atoms with E-state index in [0.29, 0.717) is 0 Å². The number of rotatable bonds is 6. The molecule has 1 aromatic carbocycles. The van der Waals surface area contributed by atoms with E-state index in [1.54, 1.807) is 0 Å². The van der Waals surface area contributed by atoms with Crippen LogP contribution in [0.1, 0.15) is 45.4 Å². The fourth-order valence-corrected chi connectivity index (χ4v) is 2.52. The van der Waals surface area contributed by atoms with Crippen LogP contribution in [0.15, 0.2) is 30.3 Å². The van der Waals surface area contributed by atoms with E-state index in [9.17, 15) is 4.79 Å². The van der Waals surface area contributed by atoms with E-state index in [-0.39, 0.29) is 12.1 Å². The van der Waals surface area contributed by atoms with Crippen molar-refractivity contribution in [3.63, 3.8) is 0 Å². The summed E-state index contributed by atoms with van der Waals surface area (Å²) in [6.45, 7) is 11.2. The number of nitrogens with zero attached hydrogens (tertiary/aromatic N) is 1. The van der Waals surface area contributed by atoms with E-state index in [2.05, 4.69) is 39.9 Å². The number of carbonyl (C=O) groups excluding carboxylic acids is 1. The molecule has 2 rings (SSSR count).